The second-order valence-corrected chi connectivity index (χ2v) is 4.09. The molecule has 0 bridgehead atoms. The van der Waals surface area contributed by atoms with Gasteiger partial charge in [-0.15, -0.1) is 0 Å². The summed E-state index contributed by atoms with van der Waals surface area (Å²) < 4.78 is 4.62. The molecule has 0 unspecified atom stereocenters. The van der Waals surface area contributed by atoms with Crippen LogP contribution in [0.5, 0.6) is 0 Å². The first-order valence-electron chi connectivity index (χ1n) is 5.88. The Kier molecular flexibility index (Phi) is 6.37. The standard InChI is InChI=1S/C11H22N2O3/c1-16-11(15)3-6-12-4-2-5-13(8-7-12)9-10-14/h14H,2-10H2,1H3. The molecule has 1 aliphatic heterocycles. The number of ether oxygens (including phenoxy) is 1. The van der Waals surface area contributed by atoms with Crippen LogP contribution in [-0.4, -0.2) is 73.9 Å². The molecule has 5 heteroatoms. The minimum atomic E-state index is -0.142. The van der Waals surface area contributed by atoms with Gasteiger partial charge in [-0.3, -0.25) is 9.69 Å². The number of nitrogens with zero attached hydrogens (tertiary/aromatic N) is 2. The van der Waals surface area contributed by atoms with E-state index in [0.717, 1.165) is 45.7 Å². The number of carbonyl (C=O) groups excluding carboxylic acids is 1. The van der Waals surface area contributed by atoms with Crippen LogP contribution in [0.25, 0.3) is 0 Å². The number of esters is 1. The predicted octanol–water partition coefficient (Wildman–Crippen LogP) is -0.450. The maximum atomic E-state index is 11.0. The molecule has 0 radical (unpaired) electrons. The fourth-order valence-corrected chi connectivity index (χ4v) is 1.96. The summed E-state index contributed by atoms with van der Waals surface area (Å²) >= 11 is 0. The van der Waals surface area contributed by atoms with Crippen molar-refractivity contribution < 1.29 is 14.6 Å². The molecular weight excluding hydrogens is 208 g/mol. The minimum absolute atomic E-state index is 0.142. The lowest BCUT2D eigenvalue weighted by atomic mass is 10.3. The molecule has 1 heterocycles. The summed E-state index contributed by atoms with van der Waals surface area (Å²) in [5.74, 6) is -0.142. The van der Waals surface area contributed by atoms with E-state index in [1.807, 2.05) is 0 Å². The van der Waals surface area contributed by atoms with Crippen molar-refractivity contribution in [2.24, 2.45) is 0 Å². The Bertz CT molecular complexity index is 211. The SMILES string of the molecule is COC(=O)CCN1CCCN(CCO)CC1. The van der Waals surface area contributed by atoms with E-state index in [0.29, 0.717) is 6.42 Å². The van der Waals surface area contributed by atoms with Gasteiger partial charge in [0, 0.05) is 26.2 Å². The van der Waals surface area contributed by atoms with E-state index in [4.69, 9.17) is 5.11 Å². The Morgan fingerprint density at radius 1 is 1.19 bits per heavy atom. The lowest BCUT2D eigenvalue weighted by Gasteiger charge is -2.20. The first-order valence-corrected chi connectivity index (χ1v) is 5.88. The van der Waals surface area contributed by atoms with Crippen molar-refractivity contribution in [2.45, 2.75) is 12.8 Å². The van der Waals surface area contributed by atoms with E-state index in [1.54, 1.807) is 0 Å². The highest BCUT2D eigenvalue weighted by molar-refractivity contribution is 5.69. The Balaban J connectivity index is 2.22. The van der Waals surface area contributed by atoms with E-state index in [1.165, 1.54) is 7.11 Å². The molecule has 0 aromatic rings. The molecule has 1 fully saturated rings. The number of β-amino-alcohol motifs (C(OH)–C–C–N with tert-alkyl or cyclic N) is 1. The summed E-state index contributed by atoms with van der Waals surface area (Å²) in [6, 6.07) is 0. The van der Waals surface area contributed by atoms with Gasteiger partial charge in [-0.05, 0) is 19.5 Å². The van der Waals surface area contributed by atoms with Gasteiger partial charge < -0.3 is 14.7 Å². The maximum Gasteiger partial charge on any atom is 0.306 e. The zero-order valence-electron chi connectivity index (χ0n) is 10.0. The molecule has 0 spiro atoms. The van der Waals surface area contributed by atoms with E-state index < -0.39 is 0 Å². The third-order valence-corrected chi connectivity index (χ3v) is 2.96. The molecule has 5 nitrogen and oxygen atoms in total. The third-order valence-electron chi connectivity index (χ3n) is 2.96. The van der Waals surface area contributed by atoms with Crippen molar-refractivity contribution in [3.63, 3.8) is 0 Å². The molecule has 0 aliphatic carbocycles. The highest BCUT2D eigenvalue weighted by atomic mass is 16.5. The van der Waals surface area contributed by atoms with Crippen LogP contribution in [0.2, 0.25) is 0 Å². The molecule has 94 valence electrons. The Morgan fingerprint density at radius 3 is 2.38 bits per heavy atom. The second kappa shape index (κ2) is 7.60. The van der Waals surface area contributed by atoms with Gasteiger partial charge in [-0.1, -0.05) is 0 Å². The maximum absolute atomic E-state index is 11.0. The number of aliphatic hydroxyl groups excluding tert-OH is 1. The van der Waals surface area contributed by atoms with Gasteiger partial charge in [0.2, 0.25) is 0 Å². The van der Waals surface area contributed by atoms with Crippen LogP contribution in [0.3, 0.4) is 0 Å². The van der Waals surface area contributed by atoms with Gasteiger partial charge in [-0.2, -0.15) is 0 Å². The van der Waals surface area contributed by atoms with Crippen LogP contribution in [0.15, 0.2) is 0 Å². The number of carbonyl (C=O) groups is 1. The van der Waals surface area contributed by atoms with Gasteiger partial charge in [-0.25, -0.2) is 0 Å². The van der Waals surface area contributed by atoms with Crippen molar-refractivity contribution in [1.29, 1.82) is 0 Å². The van der Waals surface area contributed by atoms with Crippen molar-refractivity contribution in [2.75, 3.05) is 53.0 Å². The van der Waals surface area contributed by atoms with Gasteiger partial charge in [0.25, 0.3) is 0 Å². The van der Waals surface area contributed by atoms with Gasteiger partial charge in [0.15, 0.2) is 0 Å². The Morgan fingerprint density at radius 2 is 1.81 bits per heavy atom. The highest BCUT2D eigenvalue weighted by Crippen LogP contribution is 2.03. The Labute approximate surface area is 97.0 Å². The van der Waals surface area contributed by atoms with E-state index in [9.17, 15) is 4.79 Å². The van der Waals surface area contributed by atoms with Crippen molar-refractivity contribution >= 4 is 5.97 Å². The molecule has 0 aromatic carbocycles. The fraction of sp³-hybridized carbons (Fsp3) is 0.909. The van der Waals surface area contributed by atoms with Crippen LogP contribution >= 0.6 is 0 Å². The monoisotopic (exact) mass is 230 g/mol. The largest absolute Gasteiger partial charge is 0.469 e. The quantitative estimate of drug-likeness (QED) is 0.648. The molecule has 0 atom stereocenters. The summed E-state index contributed by atoms with van der Waals surface area (Å²) in [5.41, 5.74) is 0. The lowest BCUT2D eigenvalue weighted by Crippen LogP contribution is -2.33. The first-order chi connectivity index (χ1) is 7.76. The van der Waals surface area contributed by atoms with Crippen molar-refractivity contribution in [3.05, 3.63) is 0 Å². The summed E-state index contributed by atoms with van der Waals surface area (Å²) in [5, 5.41) is 8.87. The molecule has 16 heavy (non-hydrogen) atoms. The summed E-state index contributed by atoms with van der Waals surface area (Å²) in [7, 11) is 1.42. The first kappa shape index (κ1) is 13.4. The Hall–Kier alpha value is -0.650. The van der Waals surface area contributed by atoms with Crippen molar-refractivity contribution in [1.82, 2.24) is 9.80 Å². The highest BCUT2D eigenvalue weighted by Gasteiger charge is 2.14. The van der Waals surface area contributed by atoms with E-state index in [-0.39, 0.29) is 12.6 Å². The zero-order chi connectivity index (χ0) is 11.8. The smallest absolute Gasteiger partial charge is 0.306 e. The molecule has 1 aliphatic rings. The summed E-state index contributed by atoms with van der Waals surface area (Å²) in [6.45, 7) is 5.76. The molecule has 1 N–H and O–H groups in total. The number of methoxy groups -OCH3 is 1. The number of hydrogen-bond acceptors (Lipinski definition) is 5. The molecule has 0 amide bonds. The zero-order valence-corrected chi connectivity index (χ0v) is 10.0. The van der Waals surface area contributed by atoms with Crippen molar-refractivity contribution in [3.8, 4) is 0 Å². The number of hydrogen-bond donors (Lipinski definition) is 1. The fourth-order valence-electron chi connectivity index (χ4n) is 1.96. The normalized spacial score (nSPS) is 19.4. The molecule has 0 aromatic heterocycles. The topological polar surface area (TPSA) is 53.0 Å². The van der Waals surface area contributed by atoms with Crippen LogP contribution in [0.4, 0.5) is 0 Å². The van der Waals surface area contributed by atoms with Crippen LogP contribution < -0.4 is 0 Å². The van der Waals surface area contributed by atoms with Crippen LogP contribution in [0, 0.1) is 0 Å². The second-order valence-electron chi connectivity index (χ2n) is 4.09. The average Bonchev–Trinajstić information content (AvgIpc) is 2.52. The number of rotatable bonds is 5. The predicted molar refractivity (Wildman–Crippen MR) is 61.2 cm³/mol. The van der Waals surface area contributed by atoms with E-state index in [2.05, 4.69) is 14.5 Å². The summed E-state index contributed by atoms with van der Waals surface area (Å²) in [6.07, 6.45) is 1.57. The summed E-state index contributed by atoms with van der Waals surface area (Å²) in [4.78, 5) is 15.6. The third kappa shape index (κ3) is 4.92. The average molecular weight is 230 g/mol. The molecule has 1 rings (SSSR count). The van der Waals surface area contributed by atoms with Gasteiger partial charge in [0.1, 0.15) is 0 Å². The molecule has 0 saturated carbocycles. The van der Waals surface area contributed by atoms with Crippen LogP contribution in [0.1, 0.15) is 12.8 Å². The number of aliphatic hydroxyl groups is 1. The van der Waals surface area contributed by atoms with E-state index >= 15 is 0 Å². The van der Waals surface area contributed by atoms with Gasteiger partial charge >= 0.3 is 5.97 Å². The molecular formula is C11H22N2O3. The molecule has 1 saturated heterocycles. The lowest BCUT2D eigenvalue weighted by molar-refractivity contribution is -0.140. The minimum Gasteiger partial charge on any atom is -0.469 e. The van der Waals surface area contributed by atoms with Gasteiger partial charge in [0.05, 0.1) is 20.1 Å². The van der Waals surface area contributed by atoms with Crippen LogP contribution in [-0.2, 0) is 9.53 Å².